The molecule has 6 nitrogen and oxygen atoms in total. The van der Waals surface area contributed by atoms with Crippen LogP contribution < -0.4 is 15.5 Å². The molecule has 2 heterocycles. The van der Waals surface area contributed by atoms with E-state index >= 15 is 0 Å². The number of halogens is 2. The van der Waals surface area contributed by atoms with Crippen LogP contribution in [-0.4, -0.2) is 53.6 Å². The minimum absolute atomic E-state index is 0.128. The average molecular weight is 352 g/mol. The fraction of sp³-hybridized carbons (Fsp3) is 0.588. The molecule has 138 valence electrons. The molecule has 0 aromatic carbocycles. The van der Waals surface area contributed by atoms with Crippen molar-refractivity contribution in [3.05, 3.63) is 24.1 Å². The first kappa shape index (κ1) is 19.2. The SMILES string of the molecule is C=C(/C(=C\C)C(F)F)c1nc(N[C@@H](C)CC)nc(N2CCNCC2)n1. The van der Waals surface area contributed by atoms with Crippen molar-refractivity contribution in [2.24, 2.45) is 0 Å². The third-order valence-corrected chi connectivity index (χ3v) is 4.18. The molecule has 1 aliphatic heterocycles. The third kappa shape index (κ3) is 4.94. The third-order valence-electron chi connectivity index (χ3n) is 4.18. The van der Waals surface area contributed by atoms with E-state index < -0.39 is 6.43 Å². The summed E-state index contributed by atoms with van der Waals surface area (Å²) in [6.07, 6.45) is -0.381. The number of aromatic nitrogens is 3. The lowest BCUT2D eigenvalue weighted by molar-refractivity contribution is 0.195. The number of hydrogen-bond acceptors (Lipinski definition) is 6. The molecule has 1 fully saturated rings. The highest BCUT2D eigenvalue weighted by Crippen LogP contribution is 2.26. The molecule has 0 bridgehead atoms. The van der Waals surface area contributed by atoms with Gasteiger partial charge in [-0.25, -0.2) is 8.78 Å². The second-order valence-corrected chi connectivity index (χ2v) is 6.00. The second kappa shape index (κ2) is 8.84. The van der Waals surface area contributed by atoms with E-state index in [0.717, 1.165) is 32.6 Å². The summed E-state index contributed by atoms with van der Waals surface area (Å²) in [6, 6.07) is 0.163. The van der Waals surface area contributed by atoms with Crippen LogP contribution in [0.25, 0.3) is 5.57 Å². The highest BCUT2D eigenvalue weighted by Gasteiger charge is 2.21. The Bertz CT molecular complexity index is 626. The Hall–Kier alpha value is -2.09. The van der Waals surface area contributed by atoms with E-state index in [4.69, 9.17) is 0 Å². The Morgan fingerprint density at radius 2 is 2.00 bits per heavy atom. The molecule has 2 N–H and O–H groups in total. The first-order valence-corrected chi connectivity index (χ1v) is 8.58. The van der Waals surface area contributed by atoms with Crippen molar-refractivity contribution in [3.8, 4) is 0 Å². The zero-order valence-electron chi connectivity index (χ0n) is 15.0. The van der Waals surface area contributed by atoms with Crippen molar-refractivity contribution >= 4 is 17.5 Å². The van der Waals surface area contributed by atoms with E-state index in [0.29, 0.717) is 11.9 Å². The van der Waals surface area contributed by atoms with Gasteiger partial charge in [0.05, 0.1) is 0 Å². The summed E-state index contributed by atoms with van der Waals surface area (Å²) in [7, 11) is 0. The van der Waals surface area contributed by atoms with Crippen molar-refractivity contribution in [1.29, 1.82) is 0 Å². The summed E-state index contributed by atoms with van der Waals surface area (Å²) in [6.45, 7) is 12.6. The van der Waals surface area contributed by atoms with Crippen LogP contribution in [0.1, 0.15) is 33.0 Å². The van der Waals surface area contributed by atoms with Crippen LogP contribution in [-0.2, 0) is 0 Å². The summed E-state index contributed by atoms with van der Waals surface area (Å²) in [5.41, 5.74) is -0.0320. The van der Waals surface area contributed by atoms with Crippen molar-refractivity contribution < 1.29 is 8.78 Å². The maximum atomic E-state index is 13.2. The molecule has 1 aromatic heterocycles. The Balaban J connectivity index is 2.39. The minimum Gasteiger partial charge on any atom is -0.352 e. The largest absolute Gasteiger partial charge is 0.352 e. The summed E-state index contributed by atoms with van der Waals surface area (Å²) in [5, 5.41) is 6.47. The Morgan fingerprint density at radius 1 is 1.32 bits per heavy atom. The normalized spacial score (nSPS) is 16.9. The van der Waals surface area contributed by atoms with Crippen LogP contribution in [0.5, 0.6) is 0 Å². The van der Waals surface area contributed by atoms with Gasteiger partial charge in [0.25, 0.3) is 6.43 Å². The number of nitrogens with one attached hydrogen (secondary N) is 2. The summed E-state index contributed by atoms with van der Waals surface area (Å²) < 4.78 is 26.4. The number of piperazine rings is 1. The standard InChI is InChI=1S/C17H26F2N6/c1-5-11(3)21-16-22-15(12(4)13(6-2)14(18)19)23-17(24-16)25-9-7-20-8-10-25/h6,11,14,20H,4-5,7-10H2,1-3H3,(H,21,22,23,24)/b13-6+/t11-/m0/s1. The number of allylic oxidation sites excluding steroid dienone is 3. The van der Waals surface area contributed by atoms with Gasteiger partial charge in [-0.05, 0) is 20.3 Å². The maximum Gasteiger partial charge on any atom is 0.264 e. The van der Waals surface area contributed by atoms with Crippen molar-refractivity contribution in [3.63, 3.8) is 0 Å². The molecule has 1 aromatic rings. The lowest BCUT2D eigenvalue weighted by atomic mass is 10.1. The van der Waals surface area contributed by atoms with E-state index in [1.807, 2.05) is 18.7 Å². The first-order valence-electron chi connectivity index (χ1n) is 8.58. The number of rotatable bonds is 7. The summed E-state index contributed by atoms with van der Waals surface area (Å²) in [4.78, 5) is 15.2. The monoisotopic (exact) mass is 352 g/mol. The average Bonchev–Trinajstić information content (AvgIpc) is 2.62. The molecule has 0 saturated carbocycles. The molecule has 0 aliphatic carbocycles. The first-order chi connectivity index (χ1) is 12.0. The molecule has 0 unspecified atom stereocenters. The summed E-state index contributed by atoms with van der Waals surface area (Å²) >= 11 is 0. The Kier molecular flexibility index (Phi) is 6.81. The fourth-order valence-electron chi connectivity index (χ4n) is 2.45. The Labute approximate surface area is 147 Å². The second-order valence-electron chi connectivity index (χ2n) is 6.00. The smallest absolute Gasteiger partial charge is 0.264 e. The van der Waals surface area contributed by atoms with Gasteiger partial charge >= 0.3 is 0 Å². The molecular formula is C17H26F2N6. The Morgan fingerprint density at radius 3 is 2.56 bits per heavy atom. The predicted octanol–water partition coefficient (Wildman–Crippen LogP) is 2.72. The molecule has 2 rings (SSSR count). The predicted molar refractivity (Wildman–Crippen MR) is 97.1 cm³/mol. The number of hydrogen-bond donors (Lipinski definition) is 2. The maximum absolute atomic E-state index is 13.2. The number of nitrogens with zero attached hydrogens (tertiary/aromatic N) is 4. The molecule has 1 saturated heterocycles. The molecule has 1 atom stereocenters. The highest BCUT2D eigenvalue weighted by molar-refractivity contribution is 5.74. The number of alkyl halides is 2. The van der Waals surface area contributed by atoms with Gasteiger partial charge in [0, 0.05) is 43.4 Å². The number of anilines is 2. The van der Waals surface area contributed by atoms with Gasteiger partial charge in [0.15, 0.2) is 5.82 Å². The molecule has 0 amide bonds. The molecule has 1 aliphatic rings. The van der Waals surface area contributed by atoms with Crippen LogP contribution in [0, 0.1) is 0 Å². The van der Waals surface area contributed by atoms with Crippen molar-refractivity contribution in [1.82, 2.24) is 20.3 Å². The van der Waals surface area contributed by atoms with E-state index in [1.165, 1.54) is 6.08 Å². The quantitative estimate of drug-likeness (QED) is 0.736. The van der Waals surface area contributed by atoms with Gasteiger partial charge < -0.3 is 15.5 Å². The zero-order valence-corrected chi connectivity index (χ0v) is 15.0. The van der Waals surface area contributed by atoms with E-state index in [-0.39, 0.29) is 23.0 Å². The molecular weight excluding hydrogens is 326 g/mol. The zero-order chi connectivity index (χ0) is 18.4. The van der Waals surface area contributed by atoms with Gasteiger partial charge in [-0.15, -0.1) is 0 Å². The summed E-state index contributed by atoms with van der Waals surface area (Å²) in [5.74, 6) is 1.06. The van der Waals surface area contributed by atoms with Crippen LogP contribution in [0.3, 0.4) is 0 Å². The van der Waals surface area contributed by atoms with Crippen LogP contribution in [0.15, 0.2) is 18.2 Å². The topological polar surface area (TPSA) is 66.0 Å². The lowest BCUT2D eigenvalue weighted by Gasteiger charge is -2.28. The van der Waals surface area contributed by atoms with Crippen LogP contribution >= 0.6 is 0 Å². The fourth-order valence-corrected chi connectivity index (χ4v) is 2.45. The molecule has 25 heavy (non-hydrogen) atoms. The van der Waals surface area contributed by atoms with Crippen molar-refractivity contribution in [2.75, 3.05) is 36.4 Å². The lowest BCUT2D eigenvalue weighted by Crippen LogP contribution is -2.44. The van der Waals surface area contributed by atoms with Gasteiger partial charge in [0.2, 0.25) is 11.9 Å². The molecule has 0 spiro atoms. The van der Waals surface area contributed by atoms with E-state index in [9.17, 15) is 8.78 Å². The minimum atomic E-state index is -2.62. The van der Waals surface area contributed by atoms with E-state index in [1.54, 1.807) is 6.92 Å². The van der Waals surface area contributed by atoms with Gasteiger partial charge in [-0.2, -0.15) is 15.0 Å². The molecule has 8 heteroatoms. The van der Waals surface area contributed by atoms with Gasteiger partial charge in [0.1, 0.15) is 0 Å². The van der Waals surface area contributed by atoms with Gasteiger partial charge in [-0.1, -0.05) is 19.6 Å². The van der Waals surface area contributed by atoms with Crippen LogP contribution in [0.4, 0.5) is 20.7 Å². The van der Waals surface area contributed by atoms with Crippen LogP contribution in [0.2, 0.25) is 0 Å². The van der Waals surface area contributed by atoms with Crippen molar-refractivity contribution in [2.45, 2.75) is 39.7 Å². The molecule has 0 radical (unpaired) electrons. The highest BCUT2D eigenvalue weighted by atomic mass is 19.3. The van der Waals surface area contributed by atoms with E-state index in [2.05, 4.69) is 32.2 Å². The van der Waals surface area contributed by atoms with Gasteiger partial charge in [-0.3, -0.25) is 0 Å².